The van der Waals surface area contributed by atoms with Gasteiger partial charge in [-0.05, 0) is 94.5 Å². The number of hydrogen-bond acceptors (Lipinski definition) is 0. The van der Waals surface area contributed by atoms with Crippen LogP contribution in [-0.4, -0.2) is 18.0 Å². The van der Waals surface area contributed by atoms with Gasteiger partial charge in [-0.3, -0.25) is 0 Å². The van der Waals surface area contributed by atoms with Gasteiger partial charge in [0, 0.05) is 0 Å². The molecule has 0 saturated carbocycles. The van der Waals surface area contributed by atoms with Crippen LogP contribution in [0, 0.1) is 48.5 Å². The van der Waals surface area contributed by atoms with Crippen molar-refractivity contribution < 1.29 is 4.57 Å². The summed E-state index contributed by atoms with van der Waals surface area (Å²) < 4.78 is 4.72. The highest BCUT2D eigenvalue weighted by atomic mass is 15.1. The monoisotopic (exact) mass is 659 g/mol. The minimum absolute atomic E-state index is 0.125. The van der Waals surface area contributed by atoms with E-state index in [9.17, 15) is 0 Å². The molecule has 0 radical (unpaired) electrons. The van der Waals surface area contributed by atoms with Gasteiger partial charge in [0.05, 0.1) is 12.6 Å². The molecule has 1 aliphatic rings. The summed E-state index contributed by atoms with van der Waals surface area (Å²) in [6, 6.07) is 43.0. The molecule has 0 saturated heterocycles. The van der Waals surface area contributed by atoms with Gasteiger partial charge in [-0.1, -0.05) is 152 Å². The first-order valence-corrected chi connectivity index (χ1v) is 18.2. The summed E-state index contributed by atoms with van der Waals surface area (Å²) in [5, 5.41) is 0. The number of aryl methyl sites for hydroxylation is 7. The van der Waals surface area contributed by atoms with E-state index in [2.05, 4.69) is 192 Å². The summed E-state index contributed by atoms with van der Waals surface area (Å²) in [7, 11) is 2.19. The van der Waals surface area contributed by atoms with Crippen LogP contribution in [0.5, 0.6) is 0 Å². The fourth-order valence-electron chi connectivity index (χ4n) is 9.27. The van der Waals surface area contributed by atoms with E-state index in [0.717, 1.165) is 0 Å². The molecule has 0 aliphatic carbocycles. The highest BCUT2D eigenvalue weighted by Gasteiger charge is 2.42. The van der Waals surface area contributed by atoms with Crippen LogP contribution in [0.4, 0.5) is 0 Å². The largest absolute Gasteiger partial charge is 0.294 e. The minimum atomic E-state index is 0.125. The van der Waals surface area contributed by atoms with Gasteiger partial charge >= 0.3 is 0 Å². The van der Waals surface area contributed by atoms with Gasteiger partial charge in [-0.2, -0.15) is 4.57 Å². The second-order valence-corrected chi connectivity index (χ2v) is 14.8. The summed E-state index contributed by atoms with van der Waals surface area (Å²) in [5.74, 6) is 1.19. The molecule has 248 valence electrons. The van der Waals surface area contributed by atoms with E-state index in [1.54, 1.807) is 0 Å². The van der Waals surface area contributed by atoms with Crippen LogP contribution in [0.25, 0.3) is 28.2 Å². The molecule has 0 atom stereocenters. The molecule has 0 N–H and O–H groups in total. The number of hydrogen-bond donors (Lipinski definition) is 0. The molecule has 1 aliphatic heterocycles. The lowest BCUT2D eigenvalue weighted by atomic mass is 9.20. The Balaban J connectivity index is 1.40. The van der Waals surface area contributed by atoms with Crippen LogP contribution in [0.1, 0.15) is 38.9 Å². The smallest absolute Gasteiger partial charge is 0.232 e. The van der Waals surface area contributed by atoms with Gasteiger partial charge in [0.1, 0.15) is 18.1 Å². The van der Waals surface area contributed by atoms with Crippen molar-refractivity contribution in [2.24, 2.45) is 7.05 Å². The minimum Gasteiger partial charge on any atom is -0.232 e. The molecule has 0 spiro atoms. The molecule has 1 aromatic heterocycles. The van der Waals surface area contributed by atoms with Gasteiger partial charge in [0.2, 0.25) is 13.4 Å². The topological polar surface area (TPSA) is 8.81 Å². The van der Waals surface area contributed by atoms with Crippen LogP contribution < -0.4 is 37.3 Å². The Morgan fingerprint density at radius 2 is 1.00 bits per heavy atom. The summed E-state index contributed by atoms with van der Waals surface area (Å²) in [4.78, 5) is 0. The molecule has 51 heavy (non-hydrogen) atoms. The van der Waals surface area contributed by atoms with E-state index < -0.39 is 0 Å². The summed E-state index contributed by atoms with van der Waals surface area (Å²) in [5.41, 5.74) is 22.8. The Morgan fingerprint density at radius 3 is 1.59 bits per heavy atom. The summed E-state index contributed by atoms with van der Waals surface area (Å²) >= 11 is 0. The predicted octanol–water partition coefficient (Wildman–Crippen LogP) is 6.14. The SMILES string of the molecule is Cc1cccc(C)c1B1c2ccccc2B(c2c(C)cccc2C)c2c1ccc(-c1n(-c3c(C)cc(-c4ccccc4)cc3C)cc[n+]1C)c2C. The Bertz CT molecular complexity index is 2410. The van der Waals surface area contributed by atoms with Crippen LogP contribution >= 0.6 is 0 Å². The van der Waals surface area contributed by atoms with E-state index in [0.29, 0.717) is 0 Å². The molecule has 2 nitrogen and oxygen atoms in total. The molecule has 0 bridgehead atoms. The first kappa shape index (κ1) is 32.8. The highest BCUT2D eigenvalue weighted by molar-refractivity contribution is 7.11. The molecule has 6 aromatic carbocycles. The average molecular weight is 660 g/mol. The predicted molar refractivity (Wildman–Crippen MR) is 220 cm³/mol. The van der Waals surface area contributed by atoms with E-state index in [4.69, 9.17) is 0 Å². The molecule has 8 rings (SSSR count). The van der Waals surface area contributed by atoms with Crippen molar-refractivity contribution in [1.29, 1.82) is 0 Å². The number of rotatable bonds is 5. The maximum atomic E-state index is 2.46. The fourth-order valence-corrected chi connectivity index (χ4v) is 9.27. The summed E-state index contributed by atoms with van der Waals surface area (Å²) in [6.07, 6.45) is 4.44. The van der Waals surface area contributed by atoms with Crippen LogP contribution in [0.2, 0.25) is 0 Å². The van der Waals surface area contributed by atoms with Gasteiger partial charge in [0.25, 0.3) is 5.82 Å². The van der Waals surface area contributed by atoms with Crippen molar-refractivity contribution in [3.05, 3.63) is 167 Å². The summed E-state index contributed by atoms with van der Waals surface area (Å²) in [6.45, 7) is 16.3. The third kappa shape index (κ3) is 5.31. The Labute approximate surface area is 304 Å². The van der Waals surface area contributed by atoms with Crippen molar-refractivity contribution in [1.82, 2.24) is 4.57 Å². The average Bonchev–Trinajstić information content (AvgIpc) is 3.48. The van der Waals surface area contributed by atoms with E-state index >= 15 is 0 Å². The van der Waals surface area contributed by atoms with Crippen molar-refractivity contribution in [3.8, 4) is 28.2 Å². The zero-order valence-corrected chi connectivity index (χ0v) is 31.2. The fraction of sp³-hybridized carbons (Fsp3) is 0.170. The van der Waals surface area contributed by atoms with E-state index in [1.165, 1.54) is 99.9 Å². The van der Waals surface area contributed by atoms with Gasteiger partial charge in [-0.15, -0.1) is 0 Å². The van der Waals surface area contributed by atoms with Gasteiger partial charge in [0.15, 0.2) is 0 Å². The Morgan fingerprint density at radius 1 is 0.471 bits per heavy atom. The number of fused-ring (bicyclic) bond motifs is 2. The van der Waals surface area contributed by atoms with E-state index in [-0.39, 0.29) is 13.4 Å². The lowest BCUT2D eigenvalue weighted by molar-refractivity contribution is -0.659. The van der Waals surface area contributed by atoms with Crippen LogP contribution in [0.3, 0.4) is 0 Å². The second-order valence-electron chi connectivity index (χ2n) is 14.8. The number of imidazole rings is 1. The van der Waals surface area contributed by atoms with Crippen LogP contribution in [-0.2, 0) is 7.05 Å². The van der Waals surface area contributed by atoms with Gasteiger partial charge in [-0.25, -0.2) is 4.57 Å². The quantitative estimate of drug-likeness (QED) is 0.155. The normalized spacial score (nSPS) is 12.2. The van der Waals surface area contributed by atoms with Crippen LogP contribution in [0.15, 0.2) is 128 Å². The first-order chi connectivity index (χ1) is 24.7. The third-order valence-corrected chi connectivity index (χ3v) is 11.5. The lowest BCUT2D eigenvalue weighted by Crippen LogP contribution is -2.76. The number of aromatic nitrogens is 2. The molecule has 0 amide bonds. The van der Waals surface area contributed by atoms with E-state index in [1.807, 2.05) is 0 Å². The second kappa shape index (κ2) is 12.8. The van der Waals surface area contributed by atoms with Gasteiger partial charge < -0.3 is 0 Å². The standard InChI is InChI=1S/C47H45B2N2/c1-30-16-14-17-31(2)43(30)48-40-22-12-13-23-41(40)49(44-32(3)18-15-19-33(44)4)45-36(7)39(24-25-42(45)48)47-50(8)26-27-51(47)46-34(5)28-38(29-35(46)6)37-20-10-9-11-21-37/h9-29H,1-8H3/q+1. The highest BCUT2D eigenvalue weighted by Crippen LogP contribution is 2.31. The zero-order valence-electron chi connectivity index (χ0n) is 31.2. The molecule has 0 unspecified atom stereocenters. The molecule has 2 heterocycles. The molecule has 7 aromatic rings. The van der Waals surface area contributed by atoms with Crippen molar-refractivity contribution in [2.45, 2.75) is 48.5 Å². The molecule has 0 fully saturated rings. The van der Waals surface area contributed by atoms with Crippen molar-refractivity contribution in [3.63, 3.8) is 0 Å². The Hall–Kier alpha value is -5.34. The lowest BCUT2D eigenvalue weighted by Gasteiger charge is -2.35. The number of benzene rings is 6. The molecule has 4 heteroatoms. The maximum absolute atomic E-state index is 2.46. The number of nitrogens with zero attached hydrogens (tertiary/aromatic N) is 2. The zero-order chi connectivity index (χ0) is 35.6. The van der Waals surface area contributed by atoms with Crippen molar-refractivity contribution in [2.75, 3.05) is 0 Å². The first-order valence-electron chi connectivity index (χ1n) is 18.2. The molecular weight excluding hydrogens is 614 g/mol. The Kier molecular flexibility index (Phi) is 8.22. The maximum Gasteiger partial charge on any atom is 0.294 e. The molecular formula is C47H45B2N2+. The third-order valence-electron chi connectivity index (χ3n) is 11.5. The van der Waals surface area contributed by atoms with Crippen molar-refractivity contribution >= 4 is 46.2 Å².